The van der Waals surface area contributed by atoms with Crippen LogP contribution in [0.1, 0.15) is 27.0 Å². The predicted molar refractivity (Wildman–Crippen MR) is 116 cm³/mol. The standard InChI is InChI=1S/C23H15Cl3O3/c1-13-8-17(28-12-15-6-7-16(24)10-19(15)26)11-20-22(13)23(27)21(29-20)9-14-4-2-3-5-18(14)25/h2-11H,12H2,1H3/b21-9-. The Kier molecular flexibility index (Phi) is 5.55. The van der Waals surface area contributed by atoms with Crippen molar-refractivity contribution < 1.29 is 14.3 Å². The van der Waals surface area contributed by atoms with E-state index in [2.05, 4.69) is 0 Å². The quantitative estimate of drug-likeness (QED) is 0.400. The number of hydrogen-bond acceptors (Lipinski definition) is 3. The van der Waals surface area contributed by atoms with Crippen molar-refractivity contribution in [3.05, 3.63) is 97.7 Å². The van der Waals surface area contributed by atoms with Crippen LogP contribution < -0.4 is 9.47 Å². The summed E-state index contributed by atoms with van der Waals surface area (Å²) >= 11 is 18.3. The Labute approximate surface area is 183 Å². The zero-order valence-electron chi connectivity index (χ0n) is 15.3. The first kappa shape index (κ1) is 19.8. The van der Waals surface area contributed by atoms with Gasteiger partial charge in [0.15, 0.2) is 5.76 Å². The molecule has 0 aliphatic carbocycles. The van der Waals surface area contributed by atoms with E-state index < -0.39 is 0 Å². The second-order valence-electron chi connectivity index (χ2n) is 6.60. The normalized spacial score (nSPS) is 14.1. The second-order valence-corrected chi connectivity index (χ2v) is 7.85. The van der Waals surface area contributed by atoms with Crippen molar-refractivity contribution in [1.29, 1.82) is 0 Å². The van der Waals surface area contributed by atoms with Crippen molar-refractivity contribution in [1.82, 2.24) is 0 Å². The minimum absolute atomic E-state index is 0.176. The first-order chi connectivity index (χ1) is 13.9. The molecule has 0 saturated heterocycles. The maximum Gasteiger partial charge on any atom is 0.232 e. The van der Waals surface area contributed by atoms with E-state index in [1.165, 1.54) is 0 Å². The summed E-state index contributed by atoms with van der Waals surface area (Å²) in [5, 5.41) is 1.65. The van der Waals surface area contributed by atoms with Gasteiger partial charge in [-0.15, -0.1) is 0 Å². The third kappa shape index (κ3) is 4.13. The fourth-order valence-electron chi connectivity index (χ4n) is 3.09. The molecule has 1 heterocycles. The van der Waals surface area contributed by atoms with Gasteiger partial charge < -0.3 is 9.47 Å². The molecule has 3 nitrogen and oxygen atoms in total. The number of hydrogen-bond donors (Lipinski definition) is 0. The minimum atomic E-state index is -0.176. The van der Waals surface area contributed by atoms with E-state index in [9.17, 15) is 4.79 Å². The summed E-state index contributed by atoms with van der Waals surface area (Å²) in [6.07, 6.45) is 1.65. The van der Waals surface area contributed by atoms with Crippen LogP contribution in [0.5, 0.6) is 11.5 Å². The van der Waals surface area contributed by atoms with Crippen molar-refractivity contribution in [2.45, 2.75) is 13.5 Å². The van der Waals surface area contributed by atoms with Gasteiger partial charge in [-0.25, -0.2) is 0 Å². The van der Waals surface area contributed by atoms with Crippen LogP contribution in [0.4, 0.5) is 0 Å². The summed E-state index contributed by atoms with van der Waals surface area (Å²) < 4.78 is 11.7. The molecule has 0 bridgehead atoms. The number of benzene rings is 3. The van der Waals surface area contributed by atoms with Crippen LogP contribution >= 0.6 is 34.8 Å². The topological polar surface area (TPSA) is 35.5 Å². The van der Waals surface area contributed by atoms with Gasteiger partial charge in [-0.05, 0) is 48.4 Å². The second kappa shape index (κ2) is 8.11. The molecule has 0 saturated carbocycles. The fraction of sp³-hybridized carbons (Fsp3) is 0.0870. The van der Waals surface area contributed by atoms with E-state index in [0.717, 1.165) is 16.7 Å². The lowest BCUT2D eigenvalue weighted by atomic mass is 10.0. The number of fused-ring (bicyclic) bond motifs is 1. The molecule has 1 aliphatic heterocycles. The van der Waals surface area contributed by atoms with Crippen molar-refractivity contribution in [3.63, 3.8) is 0 Å². The zero-order chi connectivity index (χ0) is 20.5. The number of aryl methyl sites for hydroxylation is 1. The molecule has 0 N–H and O–H groups in total. The summed E-state index contributed by atoms with van der Waals surface area (Å²) in [6, 6.07) is 16.0. The Morgan fingerprint density at radius 3 is 2.55 bits per heavy atom. The number of rotatable bonds is 4. The van der Waals surface area contributed by atoms with Gasteiger partial charge in [0.05, 0.1) is 5.56 Å². The molecule has 4 rings (SSSR count). The summed E-state index contributed by atoms with van der Waals surface area (Å²) in [7, 11) is 0. The summed E-state index contributed by atoms with van der Waals surface area (Å²) in [4.78, 5) is 12.8. The van der Waals surface area contributed by atoms with Gasteiger partial charge in [0.25, 0.3) is 0 Å². The van der Waals surface area contributed by atoms with Gasteiger partial charge in [-0.2, -0.15) is 0 Å². The summed E-state index contributed by atoms with van der Waals surface area (Å²) in [5.74, 6) is 1.10. The Bertz CT molecular complexity index is 1150. The summed E-state index contributed by atoms with van der Waals surface area (Å²) in [6.45, 7) is 2.12. The lowest BCUT2D eigenvalue weighted by Crippen LogP contribution is -2.00. The molecule has 0 amide bonds. The highest BCUT2D eigenvalue weighted by molar-refractivity contribution is 6.35. The average molecular weight is 446 g/mol. The molecular weight excluding hydrogens is 431 g/mol. The Morgan fingerprint density at radius 1 is 1.00 bits per heavy atom. The monoisotopic (exact) mass is 444 g/mol. The zero-order valence-corrected chi connectivity index (χ0v) is 17.6. The summed E-state index contributed by atoms with van der Waals surface area (Å²) in [5.41, 5.74) is 2.83. The van der Waals surface area contributed by atoms with Crippen LogP contribution in [0.2, 0.25) is 15.1 Å². The molecule has 0 spiro atoms. The van der Waals surface area contributed by atoms with E-state index in [1.54, 1.807) is 30.3 Å². The molecule has 146 valence electrons. The van der Waals surface area contributed by atoms with Crippen LogP contribution in [0.3, 0.4) is 0 Å². The number of halogens is 3. The van der Waals surface area contributed by atoms with Crippen LogP contribution in [0.15, 0.2) is 60.4 Å². The van der Waals surface area contributed by atoms with Gasteiger partial charge >= 0.3 is 0 Å². The van der Waals surface area contributed by atoms with Crippen LogP contribution in [-0.4, -0.2) is 5.78 Å². The lowest BCUT2D eigenvalue weighted by molar-refractivity contribution is 0.101. The molecule has 0 fully saturated rings. The Hall–Kier alpha value is -2.46. The maximum absolute atomic E-state index is 12.8. The molecular formula is C23H15Cl3O3. The van der Waals surface area contributed by atoms with Crippen molar-refractivity contribution in [2.75, 3.05) is 0 Å². The van der Waals surface area contributed by atoms with E-state index in [1.807, 2.05) is 37.3 Å². The largest absolute Gasteiger partial charge is 0.489 e. The van der Waals surface area contributed by atoms with E-state index in [0.29, 0.717) is 32.1 Å². The first-order valence-electron chi connectivity index (χ1n) is 8.82. The van der Waals surface area contributed by atoms with Crippen LogP contribution in [0.25, 0.3) is 6.08 Å². The number of carbonyl (C=O) groups is 1. The number of Topliss-reactive ketones (excluding diaryl/α,β-unsaturated/α-hetero) is 1. The number of carbonyl (C=O) groups excluding carboxylic acids is 1. The Balaban J connectivity index is 1.58. The van der Waals surface area contributed by atoms with E-state index >= 15 is 0 Å². The highest BCUT2D eigenvalue weighted by Crippen LogP contribution is 2.38. The van der Waals surface area contributed by atoms with Gasteiger partial charge in [-0.1, -0.05) is 59.1 Å². The first-order valence-corrected chi connectivity index (χ1v) is 9.96. The third-order valence-electron chi connectivity index (χ3n) is 4.54. The smallest absolute Gasteiger partial charge is 0.232 e. The molecule has 0 radical (unpaired) electrons. The fourth-order valence-corrected chi connectivity index (χ4v) is 3.75. The third-order valence-corrected chi connectivity index (χ3v) is 5.48. The number of ketones is 1. The van der Waals surface area contributed by atoms with Crippen molar-refractivity contribution >= 4 is 46.7 Å². The maximum atomic E-state index is 12.8. The van der Waals surface area contributed by atoms with Crippen molar-refractivity contribution in [3.8, 4) is 11.5 Å². The molecule has 1 aliphatic rings. The van der Waals surface area contributed by atoms with Crippen LogP contribution in [-0.2, 0) is 6.61 Å². The van der Waals surface area contributed by atoms with Gasteiger partial charge in [0, 0.05) is 26.7 Å². The lowest BCUT2D eigenvalue weighted by Gasteiger charge is -2.10. The number of allylic oxidation sites excluding steroid dienone is 1. The molecule has 6 heteroatoms. The van der Waals surface area contributed by atoms with Gasteiger partial charge in [0.1, 0.15) is 18.1 Å². The van der Waals surface area contributed by atoms with Crippen LogP contribution in [0, 0.1) is 6.92 Å². The molecule has 3 aromatic carbocycles. The minimum Gasteiger partial charge on any atom is -0.489 e. The molecule has 3 aromatic rings. The number of ether oxygens (including phenoxy) is 2. The Morgan fingerprint density at radius 2 is 1.79 bits per heavy atom. The average Bonchev–Trinajstić information content (AvgIpc) is 2.99. The highest BCUT2D eigenvalue weighted by Gasteiger charge is 2.30. The molecule has 0 aromatic heterocycles. The van der Waals surface area contributed by atoms with E-state index in [-0.39, 0.29) is 18.1 Å². The molecule has 0 unspecified atom stereocenters. The highest BCUT2D eigenvalue weighted by atomic mass is 35.5. The predicted octanol–water partition coefficient (Wildman–Crippen LogP) is 7.15. The van der Waals surface area contributed by atoms with Gasteiger partial charge in [-0.3, -0.25) is 4.79 Å². The van der Waals surface area contributed by atoms with E-state index in [4.69, 9.17) is 44.3 Å². The molecule has 0 atom stereocenters. The van der Waals surface area contributed by atoms with Gasteiger partial charge in [0.2, 0.25) is 5.78 Å². The molecule has 29 heavy (non-hydrogen) atoms. The van der Waals surface area contributed by atoms with Crippen molar-refractivity contribution in [2.24, 2.45) is 0 Å². The SMILES string of the molecule is Cc1cc(OCc2ccc(Cl)cc2Cl)cc2c1C(=O)/C(=C/c1ccccc1Cl)O2.